The van der Waals surface area contributed by atoms with Gasteiger partial charge in [0.25, 0.3) is 6.71 Å². The van der Waals surface area contributed by atoms with Crippen molar-refractivity contribution in [1.29, 1.82) is 0 Å². The van der Waals surface area contributed by atoms with E-state index in [1.165, 1.54) is 98.4 Å². The van der Waals surface area contributed by atoms with Crippen molar-refractivity contribution in [1.82, 2.24) is 0 Å². The average Bonchev–Trinajstić information content (AvgIpc) is 3.86. The molecule has 54 heavy (non-hydrogen) atoms. The molecule has 2 aliphatic heterocycles. The Kier molecular flexibility index (Phi) is 6.62. The zero-order valence-corrected chi connectivity index (χ0v) is 32.6. The first-order chi connectivity index (χ1) is 26.0. The largest absolute Gasteiger partial charge is 0.311 e. The van der Waals surface area contributed by atoms with Crippen LogP contribution in [0.2, 0.25) is 0 Å². The van der Waals surface area contributed by atoms with Crippen molar-refractivity contribution in [2.45, 2.75) is 83.5 Å². The number of benzene rings is 6. The van der Waals surface area contributed by atoms with Gasteiger partial charge in [-0.2, -0.15) is 0 Å². The van der Waals surface area contributed by atoms with Gasteiger partial charge in [0.1, 0.15) is 0 Å². The van der Waals surface area contributed by atoms with E-state index >= 15 is 0 Å². The van der Waals surface area contributed by atoms with Gasteiger partial charge < -0.3 is 9.80 Å². The van der Waals surface area contributed by atoms with Crippen LogP contribution in [-0.4, -0.2) is 6.71 Å². The second kappa shape index (κ2) is 11.0. The van der Waals surface area contributed by atoms with Gasteiger partial charge in [-0.25, -0.2) is 0 Å². The first-order valence-corrected chi connectivity index (χ1v) is 20.3. The molecule has 3 unspecified atom stereocenters. The summed E-state index contributed by atoms with van der Waals surface area (Å²) in [5.41, 5.74) is 20.9. The predicted octanol–water partition coefficient (Wildman–Crippen LogP) is 11.5. The second-order valence-electron chi connectivity index (χ2n) is 19.0. The first kappa shape index (κ1) is 32.4. The highest BCUT2D eigenvalue weighted by Crippen LogP contribution is 2.66. The summed E-state index contributed by atoms with van der Waals surface area (Å²) < 4.78 is 0. The van der Waals surface area contributed by atoms with Crippen LogP contribution in [0.1, 0.15) is 89.5 Å². The topological polar surface area (TPSA) is 6.48 Å². The Hall–Kier alpha value is -5.02. The van der Waals surface area contributed by atoms with Gasteiger partial charge in [0.05, 0.1) is 0 Å². The van der Waals surface area contributed by atoms with E-state index in [2.05, 4.69) is 179 Å². The van der Waals surface area contributed by atoms with Crippen molar-refractivity contribution >= 4 is 57.2 Å². The van der Waals surface area contributed by atoms with Crippen LogP contribution < -0.4 is 26.2 Å². The summed E-state index contributed by atoms with van der Waals surface area (Å²) in [7, 11) is 0. The normalized spacial score (nSPS) is 21.6. The van der Waals surface area contributed by atoms with Gasteiger partial charge in [-0.05, 0) is 140 Å². The highest BCUT2D eigenvalue weighted by Gasteiger charge is 2.57. The number of fused-ring (bicyclic) bond motifs is 12. The monoisotopic (exact) mass is 700 g/mol. The molecule has 11 rings (SSSR count). The van der Waals surface area contributed by atoms with Crippen molar-refractivity contribution in [3.63, 3.8) is 0 Å². The number of hydrogen-bond donors (Lipinski definition) is 0. The van der Waals surface area contributed by atoms with E-state index in [0.29, 0.717) is 0 Å². The van der Waals surface area contributed by atoms with Crippen LogP contribution in [0.15, 0.2) is 127 Å². The van der Waals surface area contributed by atoms with Crippen LogP contribution in [0.5, 0.6) is 0 Å². The van der Waals surface area contributed by atoms with Gasteiger partial charge >= 0.3 is 0 Å². The first-order valence-electron chi connectivity index (χ1n) is 20.3. The van der Waals surface area contributed by atoms with Crippen molar-refractivity contribution in [3.05, 3.63) is 150 Å². The van der Waals surface area contributed by atoms with Crippen molar-refractivity contribution < 1.29 is 0 Å². The third kappa shape index (κ3) is 4.36. The smallest absolute Gasteiger partial charge is 0.252 e. The van der Waals surface area contributed by atoms with E-state index in [0.717, 1.165) is 11.8 Å². The van der Waals surface area contributed by atoms with Gasteiger partial charge in [0.2, 0.25) is 0 Å². The Morgan fingerprint density at radius 3 is 1.74 bits per heavy atom. The molecule has 1 spiro atoms. The minimum absolute atomic E-state index is 0.0862. The SMILES string of the molecule is CC(C)(C)c1ccc(N2c3ccccc3B3c4cc5c(cc4N(c4ccc(C(C)(C)C)cc4)c4cccc2c43)C2(CC3CCC2C3)c2ccccc2-5)cc1. The summed E-state index contributed by atoms with van der Waals surface area (Å²) in [6.45, 7) is 13.9. The molecule has 2 bridgehead atoms. The molecule has 0 amide bonds. The molecule has 6 aromatic carbocycles. The maximum Gasteiger partial charge on any atom is 0.252 e. The summed E-state index contributed by atoms with van der Waals surface area (Å²) in [5, 5.41) is 0. The fraction of sp³-hybridized carbons (Fsp3) is 0.294. The molecule has 2 heterocycles. The lowest BCUT2D eigenvalue weighted by Gasteiger charge is -2.45. The molecule has 266 valence electrons. The molecule has 3 atom stereocenters. The molecule has 3 aliphatic carbocycles. The second-order valence-corrected chi connectivity index (χ2v) is 19.0. The Bertz CT molecular complexity index is 2500. The minimum atomic E-state index is 0.0862. The van der Waals surface area contributed by atoms with E-state index in [9.17, 15) is 0 Å². The molecule has 0 saturated heterocycles. The molecule has 3 heteroatoms. The van der Waals surface area contributed by atoms with E-state index in [1.54, 1.807) is 11.1 Å². The molecule has 2 fully saturated rings. The maximum absolute atomic E-state index is 2.68. The molecule has 2 nitrogen and oxygen atoms in total. The molecule has 2 saturated carbocycles. The number of nitrogens with zero attached hydrogens (tertiary/aromatic N) is 2. The van der Waals surface area contributed by atoms with E-state index in [4.69, 9.17) is 0 Å². The van der Waals surface area contributed by atoms with Gasteiger partial charge in [0, 0.05) is 39.5 Å². The zero-order valence-electron chi connectivity index (χ0n) is 32.6. The molecular formula is C51H49BN2. The van der Waals surface area contributed by atoms with E-state index in [-0.39, 0.29) is 23.0 Å². The molecule has 0 radical (unpaired) electrons. The average molecular weight is 701 g/mol. The van der Waals surface area contributed by atoms with Gasteiger partial charge in [-0.15, -0.1) is 0 Å². The summed E-state index contributed by atoms with van der Waals surface area (Å²) in [4.78, 5) is 5.14. The van der Waals surface area contributed by atoms with Crippen LogP contribution in [0.3, 0.4) is 0 Å². The van der Waals surface area contributed by atoms with Crippen LogP contribution >= 0.6 is 0 Å². The third-order valence-corrected chi connectivity index (χ3v) is 14.0. The van der Waals surface area contributed by atoms with Crippen molar-refractivity contribution in [3.8, 4) is 11.1 Å². The van der Waals surface area contributed by atoms with E-state index < -0.39 is 0 Å². The molecule has 0 aromatic heterocycles. The fourth-order valence-electron chi connectivity index (χ4n) is 11.5. The standard InChI is InChI=1S/C51H49BN2/c1-49(2,3)33-20-24-36(25-21-33)53-44-15-10-9-14-42(44)52-43-29-39-38-12-7-8-13-40(38)51(31-32-18-19-35(51)28-32)41(39)30-47(43)54(46-17-11-16-45(53)48(46)52)37-26-22-34(23-27-37)50(4,5)6/h7-17,20-27,29-30,32,35H,18-19,28,31H2,1-6H3. The fourth-order valence-corrected chi connectivity index (χ4v) is 11.5. The van der Waals surface area contributed by atoms with Gasteiger partial charge in [-0.3, -0.25) is 0 Å². The summed E-state index contributed by atoms with van der Waals surface area (Å²) in [6, 6.07) is 49.8. The molecule has 5 aliphatic rings. The van der Waals surface area contributed by atoms with Crippen molar-refractivity contribution in [2.75, 3.05) is 9.80 Å². The lowest BCUT2D eigenvalue weighted by Crippen LogP contribution is -2.61. The van der Waals surface area contributed by atoms with Gasteiger partial charge in [0.15, 0.2) is 0 Å². The van der Waals surface area contributed by atoms with Crippen LogP contribution in [-0.2, 0) is 16.2 Å². The number of rotatable bonds is 2. The summed E-state index contributed by atoms with van der Waals surface area (Å²) in [5.74, 6) is 1.56. The molecule has 0 N–H and O–H groups in total. The van der Waals surface area contributed by atoms with E-state index in [1.807, 2.05) is 0 Å². The lowest BCUT2D eigenvalue weighted by atomic mass is 9.33. The number of anilines is 6. The summed E-state index contributed by atoms with van der Waals surface area (Å²) >= 11 is 0. The zero-order chi connectivity index (χ0) is 36.7. The highest BCUT2D eigenvalue weighted by atomic mass is 15.2. The van der Waals surface area contributed by atoms with Gasteiger partial charge in [-0.1, -0.05) is 127 Å². The van der Waals surface area contributed by atoms with Crippen LogP contribution in [0.25, 0.3) is 11.1 Å². The quantitative estimate of drug-likeness (QED) is 0.166. The Morgan fingerprint density at radius 2 is 1.13 bits per heavy atom. The Balaban J connectivity index is 1.19. The van der Waals surface area contributed by atoms with Crippen molar-refractivity contribution in [2.24, 2.45) is 11.8 Å². The Labute approximate surface area is 322 Å². The lowest BCUT2D eigenvalue weighted by molar-refractivity contribution is 0.327. The Morgan fingerprint density at radius 1 is 0.537 bits per heavy atom. The predicted molar refractivity (Wildman–Crippen MR) is 230 cm³/mol. The highest BCUT2D eigenvalue weighted by molar-refractivity contribution is 7.00. The molecular weight excluding hydrogens is 651 g/mol. The minimum Gasteiger partial charge on any atom is -0.311 e. The molecule has 6 aromatic rings. The van der Waals surface area contributed by atoms with Crippen LogP contribution in [0.4, 0.5) is 34.1 Å². The summed E-state index contributed by atoms with van der Waals surface area (Å²) in [6.07, 6.45) is 5.40. The third-order valence-electron chi connectivity index (χ3n) is 14.0. The number of para-hydroxylation sites is 1. The number of hydrogen-bond acceptors (Lipinski definition) is 2. The van der Waals surface area contributed by atoms with Crippen LogP contribution in [0, 0.1) is 11.8 Å². The maximum atomic E-state index is 2.68.